The zero-order valence-electron chi connectivity index (χ0n) is 8.09. The fourth-order valence-corrected chi connectivity index (χ4v) is 1.34. The van der Waals surface area contributed by atoms with Gasteiger partial charge in [0, 0.05) is 12.0 Å². The fourth-order valence-electron chi connectivity index (χ4n) is 1.34. The van der Waals surface area contributed by atoms with Gasteiger partial charge in [-0.3, -0.25) is 0 Å². The van der Waals surface area contributed by atoms with Crippen molar-refractivity contribution in [2.24, 2.45) is 11.1 Å². The summed E-state index contributed by atoms with van der Waals surface area (Å²) in [7, 11) is 0. The highest BCUT2D eigenvalue weighted by molar-refractivity contribution is 5.13. The van der Waals surface area contributed by atoms with Gasteiger partial charge in [0.1, 0.15) is 0 Å². The van der Waals surface area contributed by atoms with Crippen LogP contribution >= 0.6 is 0 Å². The predicted molar refractivity (Wildman–Crippen MR) is 55.9 cm³/mol. The molecule has 0 radical (unpaired) electrons. The van der Waals surface area contributed by atoms with Gasteiger partial charge in [0.15, 0.2) is 0 Å². The standard InChI is InChI=1S/C11H19N/c1-4-7-11(10-12,8-5-2)9-6-3/h4-6,8-9H,1,7,10,12H2,2-3H3. The molecule has 1 heteroatoms. The normalized spacial score (nSPS) is 16.9. The topological polar surface area (TPSA) is 26.0 Å². The Bertz CT molecular complexity index is 165. The summed E-state index contributed by atoms with van der Waals surface area (Å²) in [4.78, 5) is 0. The Morgan fingerprint density at radius 3 is 2.00 bits per heavy atom. The summed E-state index contributed by atoms with van der Waals surface area (Å²) in [5.74, 6) is 0. The van der Waals surface area contributed by atoms with Gasteiger partial charge in [-0.05, 0) is 20.3 Å². The van der Waals surface area contributed by atoms with E-state index in [1.807, 2.05) is 32.1 Å². The second kappa shape index (κ2) is 5.78. The van der Waals surface area contributed by atoms with Crippen molar-refractivity contribution >= 4 is 0 Å². The smallest absolute Gasteiger partial charge is 0.0218 e. The van der Waals surface area contributed by atoms with Gasteiger partial charge >= 0.3 is 0 Å². The molecule has 0 amide bonds. The molecule has 12 heavy (non-hydrogen) atoms. The van der Waals surface area contributed by atoms with E-state index in [2.05, 4.69) is 18.7 Å². The van der Waals surface area contributed by atoms with Crippen LogP contribution in [0.2, 0.25) is 0 Å². The first kappa shape index (κ1) is 11.2. The first-order chi connectivity index (χ1) is 5.74. The van der Waals surface area contributed by atoms with Crippen molar-refractivity contribution in [1.29, 1.82) is 0 Å². The Balaban J connectivity index is 4.60. The van der Waals surface area contributed by atoms with Crippen molar-refractivity contribution in [1.82, 2.24) is 0 Å². The van der Waals surface area contributed by atoms with Crippen LogP contribution in [0.15, 0.2) is 37.0 Å². The van der Waals surface area contributed by atoms with Crippen molar-refractivity contribution in [3.8, 4) is 0 Å². The highest BCUT2D eigenvalue weighted by Crippen LogP contribution is 2.24. The van der Waals surface area contributed by atoms with Crippen molar-refractivity contribution in [2.75, 3.05) is 6.54 Å². The average Bonchev–Trinajstić information content (AvgIpc) is 2.06. The summed E-state index contributed by atoms with van der Waals surface area (Å²) < 4.78 is 0. The van der Waals surface area contributed by atoms with Gasteiger partial charge in [-0.2, -0.15) is 0 Å². The van der Waals surface area contributed by atoms with Crippen molar-refractivity contribution in [3.05, 3.63) is 37.0 Å². The lowest BCUT2D eigenvalue weighted by molar-refractivity contribution is 0.512. The van der Waals surface area contributed by atoms with E-state index in [1.54, 1.807) is 0 Å². The van der Waals surface area contributed by atoms with Crippen LogP contribution in [0, 0.1) is 5.41 Å². The molecule has 0 saturated heterocycles. The summed E-state index contributed by atoms with van der Waals surface area (Å²) in [5.41, 5.74) is 5.71. The molecule has 0 heterocycles. The molecule has 0 aromatic carbocycles. The van der Waals surface area contributed by atoms with Gasteiger partial charge in [0.25, 0.3) is 0 Å². The second-order valence-corrected chi connectivity index (χ2v) is 2.93. The van der Waals surface area contributed by atoms with E-state index < -0.39 is 0 Å². The molecule has 0 bridgehead atoms. The number of hydrogen-bond acceptors (Lipinski definition) is 1. The molecule has 0 aliphatic heterocycles. The predicted octanol–water partition coefficient (Wildman–Crippen LogP) is 2.66. The zero-order valence-corrected chi connectivity index (χ0v) is 8.09. The average molecular weight is 165 g/mol. The number of nitrogens with two attached hydrogens (primary N) is 1. The van der Waals surface area contributed by atoms with Gasteiger partial charge in [-0.25, -0.2) is 0 Å². The van der Waals surface area contributed by atoms with E-state index >= 15 is 0 Å². The van der Waals surface area contributed by atoms with E-state index in [0.717, 1.165) is 6.42 Å². The molecular formula is C11H19N. The number of allylic oxidation sites excluding steroid dienone is 3. The van der Waals surface area contributed by atoms with Crippen molar-refractivity contribution < 1.29 is 0 Å². The van der Waals surface area contributed by atoms with E-state index in [9.17, 15) is 0 Å². The summed E-state index contributed by atoms with van der Waals surface area (Å²) in [6, 6.07) is 0. The summed E-state index contributed by atoms with van der Waals surface area (Å²) >= 11 is 0. The molecule has 0 saturated carbocycles. The highest BCUT2D eigenvalue weighted by Gasteiger charge is 2.18. The van der Waals surface area contributed by atoms with Gasteiger partial charge in [0.2, 0.25) is 0 Å². The molecule has 68 valence electrons. The van der Waals surface area contributed by atoms with Crippen LogP contribution in [0.3, 0.4) is 0 Å². The molecule has 0 aromatic rings. The molecule has 1 nitrogen and oxygen atoms in total. The lowest BCUT2D eigenvalue weighted by Crippen LogP contribution is -2.25. The fraction of sp³-hybridized carbons (Fsp3) is 0.455. The van der Waals surface area contributed by atoms with Crippen LogP contribution in [0.25, 0.3) is 0 Å². The Labute approximate surface area is 75.7 Å². The third-order valence-electron chi connectivity index (χ3n) is 1.90. The second-order valence-electron chi connectivity index (χ2n) is 2.93. The Morgan fingerprint density at radius 2 is 1.75 bits per heavy atom. The largest absolute Gasteiger partial charge is 0.329 e. The van der Waals surface area contributed by atoms with Crippen LogP contribution in [-0.4, -0.2) is 6.54 Å². The minimum Gasteiger partial charge on any atom is -0.329 e. The lowest BCUT2D eigenvalue weighted by atomic mass is 9.84. The van der Waals surface area contributed by atoms with Gasteiger partial charge < -0.3 is 5.73 Å². The first-order valence-corrected chi connectivity index (χ1v) is 4.33. The lowest BCUT2D eigenvalue weighted by Gasteiger charge is -2.23. The Morgan fingerprint density at radius 1 is 1.25 bits per heavy atom. The molecule has 0 aromatic heterocycles. The summed E-state index contributed by atoms with van der Waals surface area (Å²) in [6.07, 6.45) is 11.2. The Hall–Kier alpha value is -0.820. The number of rotatable bonds is 5. The number of hydrogen-bond donors (Lipinski definition) is 1. The van der Waals surface area contributed by atoms with Crippen LogP contribution in [0.4, 0.5) is 0 Å². The van der Waals surface area contributed by atoms with Crippen LogP contribution < -0.4 is 5.73 Å². The first-order valence-electron chi connectivity index (χ1n) is 4.33. The minimum atomic E-state index is -0.00868. The van der Waals surface area contributed by atoms with Crippen molar-refractivity contribution in [3.63, 3.8) is 0 Å². The summed E-state index contributed by atoms with van der Waals surface area (Å²) in [5, 5.41) is 0. The Kier molecular flexibility index (Phi) is 5.39. The monoisotopic (exact) mass is 165 g/mol. The molecule has 2 N–H and O–H groups in total. The zero-order chi connectivity index (χ0) is 9.45. The van der Waals surface area contributed by atoms with Crippen LogP contribution in [0.5, 0.6) is 0 Å². The van der Waals surface area contributed by atoms with E-state index in [-0.39, 0.29) is 5.41 Å². The molecule has 0 aliphatic carbocycles. The van der Waals surface area contributed by atoms with E-state index in [1.165, 1.54) is 0 Å². The van der Waals surface area contributed by atoms with Crippen molar-refractivity contribution in [2.45, 2.75) is 20.3 Å². The maximum atomic E-state index is 5.72. The van der Waals surface area contributed by atoms with Gasteiger partial charge in [0.05, 0.1) is 0 Å². The summed E-state index contributed by atoms with van der Waals surface area (Å²) in [6.45, 7) is 8.39. The molecule has 0 unspecified atom stereocenters. The van der Waals surface area contributed by atoms with Gasteiger partial charge in [-0.1, -0.05) is 30.4 Å². The SMILES string of the molecule is C=CCC(C=CC)(C=CC)CN. The minimum absolute atomic E-state index is 0.00868. The van der Waals surface area contributed by atoms with Gasteiger partial charge in [-0.15, -0.1) is 6.58 Å². The maximum Gasteiger partial charge on any atom is 0.0218 e. The van der Waals surface area contributed by atoms with E-state index in [4.69, 9.17) is 5.73 Å². The molecular weight excluding hydrogens is 146 g/mol. The van der Waals surface area contributed by atoms with Crippen LogP contribution in [-0.2, 0) is 0 Å². The third-order valence-corrected chi connectivity index (χ3v) is 1.90. The maximum absolute atomic E-state index is 5.72. The van der Waals surface area contributed by atoms with Crippen LogP contribution in [0.1, 0.15) is 20.3 Å². The quantitative estimate of drug-likeness (QED) is 0.623. The molecule has 0 aliphatic rings. The highest BCUT2D eigenvalue weighted by atomic mass is 14.6. The molecule has 0 atom stereocenters. The molecule has 0 fully saturated rings. The third kappa shape index (κ3) is 3.05. The van der Waals surface area contributed by atoms with E-state index in [0.29, 0.717) is 6.54 Å². The molecule has 0 rings (SSSR count). The molecule has 0 spiro atoms.